The number of hydrogen-bond donors (Lipinski definition) is 0. The molecule has 6 heteroatoms. The van der Waals surface area contributed by atoms with Crippen molar-refractivity contribution in [3.05, 3.63) is 72.9 Å². The summed E-state index contributed by atoms with van der Waals surface area (Å²) in [5, 5.41) is 0. The Balaban J connectivity index is 4.22. The summed E-state index contributed by atoms with van der Waals surface area (Å²) in [6.07, 6.45) is 89.4. The van der Waals surface area contributed by atoms with Gasteiger partial charge in [-0.1, -0.05) is 325 Å². The van der Waals surface area contributed by atoms with E-state index in [9.17, 15) is 14.4 Å². The maximum atomic E-state index is 12.9. The Morgan fingerprint density at radius 3 is 0.787 bits per heavy atom. The summed E-state index contributed by atoms with van der Waals surface area (Å²) >= 11 is 0. The monoisotopic (exact) mass is 1120 g/mol. The van der Waals surface area contributed by atoms with E-state index in [-0.39, 0.29) is 31.1 Å². The lowest BCUT2D eigenvalue weighted by Gasteiger charge is -2.18. The molecule has 0 heterocycles. The number of carbonyl (C=O) groups excluding carboxylic acids is 3. The molecule has 0 aromatic carbocycles. The minimum absolute atomic E-state index is 0.0873. The summed E-state index contributed by atoms with van der Waals surface area (Å²) in [5.74, 6) is -0.908. The van der Waals surface area contributed by atoms with E-state index in [1.54, 1.807) is 0 Å². The van der Waals surface area contributed by atoms with Crippen LogP contribution in [0.5, 0.6) is 0 Å². The van der Waals surface area contributed by atoms with E-state index < -0.39 is 6.10 Å². The first kappa shape index (κ1) is 76.9. The average Bonchev–Trinajstić information content (AvgIpc) is 3.46. The predicted octanol–water partition coefficient (Wildman–Crippen LogP) is 24.1. The van der Waals surface area contributed by atoms with E-state index in [0.29, 0.717) is 19.3 Å². The summed E-state index contributed by atoms with van der Waals surface area (Å²) in [6.45, 7) is 6.52. The average molecular weight is 1120 g/mol. The maximum Gasteiger partial charge on any atom is 0.306 e. The van der Waals surface area contributed by atoms with Gasteiger partial charge in [0, 0.05) is 19.3 Å². The minimum Gasteiger partial charge on any atom is -0.462 e. The van der Waals surface area contributed by atoms with Gasteiger partial charge in [0.25, 0.3) is 0 Å². The first-order valence-electron chi connectivity index (χ1n) is 34.9. The van der Waals surface area contributed by atoms with Crippen LogP contribution in [0.1, 0.15) is 361 Å². The lowest BCUT2D eigenvalue weighted by atomic mass is 10.0. The van der Waals surface area contributed by atoms with Crippen LogP contribution in [0.3, 0.4) is 0 Å². The zero-order valence-corrected chi connectivity index (χ0v) is 53.3. The van der Waals surface area contributed by atoms with Crippen molar-refractivity contribution in [2.45, 2.75) is 367 Å². The Bertz CT molecular complexity index is 1470. The van der Waals surface area contributed by atoms with Gasteiger partial charge in [0.1, 0.15) is 13.2 Å². The van der Waals surface area contributed by atoms with Crippen LogP contribution in [0, 0.1) is 0 Å². The van der Waals surface area contributed by atoms with E-state index in [4.69, 9.17) is 14.2 Å². The SMILES string of the molecule is CC/C=C\C/C=C\C/C=C\C/C=C\CCCCCCC(=O)OC(COC(=O)CCCCCCC/C=C\C/C=C\CCCCC)COC(=O)CCCCCCCCCCCCCCCCCCCCCCCCCCCCCCCC. The van der Waals surface area contributed by atoms with Crippen LogP contribution in [0.2, 0.25) is 0 Å². The number of hydrogen-bond acceptors (Lipinski definition) is 6. The number of rotatable bonds is 64. The molecule has 0 amide bonds. The van der Waals surface area contributed by atoms with Crippen LogP contribution in [0.25, 0.3) is 0 Å². The highest BCUT2D eigenvalue weighted by atomic mass is 16.6. The standard InChI is InChI=1S/C74H132O6/c1-4-7-10-13-16-19-22-25-28-30-31-32-33-34-35-36-37-38-39-40-41-42-44-46-49-52-55-58-61-64-67-73(76)79-70-71(69-78-72(75)66-63-60-57-54-51-48-45-27-24-21-18-15-12-9-6-3)80-74(77)68-65-62-59-56-53-50-47-43-29-26-23-20-17-14-11-8-5-2/h8,11,17-18,20-21,26-27,29,45,47,50,71H,4-7,9-10,12-16,19,22-25,28,30-44,46,48-49,51-70H2,1-3H3/b11-8-,20-17-,21-18-,29-26-,45-27-,50-47-. The summed E-state index contributed by atoms with van der Waals surface area (Å²) in [4.78, 5) is 38.4. The molecule has 1 atom stereocenters. The number of unbranched alkanes of at least 4 members (excludes halogenated alkanes) is 41. The third kappa shape index (κ3) is 65.7. The van der Waals surface area contributed by atoms with Crippen molar-refractivity contribution in [1.82, 2.24) is 0 Å². The molecule has 0 N–H and O–H groups in total. The third-order valence-corrected chi connectivity index (χ3v) is 15.4. The second-order valence-electron chi connectivity index (χ2n) is 23.4. The Labute approximate surface area is 497 Å². The normalized spacial score (nSPS) is 12.5. The first-order valence-corrected chi connectivity index (χ1v) is 34.9. The highest BCUT2D eigenvalue weighted by Gasteiger charge is 2.19. The molecule has 0 rings (SSSR count). The maximum absolute atomic E-state index is 12.9. The van der Waals surface area contributed by atoms with Crippen molar-refractivity contribution in [1.29, 1.82) is 0 Å². The van der Waals surface area contributed by atoms with Crippen LogP contribution < -0.4 is 0 Å². The molecular formula is C74H132O6. The fourth-order valence-corrected chi connectivity index (χ4v) is 10.2. The summed E-state index contributed by atoms with van der Waals surface area (Å²) in [6, 6.07) is 0. The largest absolute Gasteiger partial charge is 0.462 e. The molecule has 0 aliphatic carbocycles. The molecule has 0 aromatic rings. The van der Waals surface area contributed by atoms with Gasteiger partial charge in [-0.2, -0.15) is 0 Å². The summed E-state index contributed by atoms with van der Waals surface area (Å²) in [7, 11) is 0. The number of esters is 3. The molecule has 0 aliphatic rings. The molecule has 0 spiro atoms. The lowest BCUT2D eigenvalue weighted by Crippen LogP contribution is -2.30. The molecule has 0 radical (unpaired) electrons. The third-order valence-electron chi connectivity index (χ3n) is 15.4. The molecular weight excluding hydrogens is 985 g/mol. The minimum atomic E-state index is -0.795. The highest BCUT2D eigenvalue weighted by molar-refractivity contribution is 5.71. The van der Waals surface area contributed by atoms with Gasteiger partial charge in [0.05, 0.1) is 0 Å². The van der Waals surface area contributed by atoms with Crippen LogP contribution in [-0.2, 0) is 28.6 Å². The zero-order valence-electron chi connectivity index (χ0n) is 53.3. The number of ether oxygens (including phenoxy) is 3. The zero-order chi connectivity index (χ0) is 57.8. The van der Waals surface area contributed by atoms with E-state index >= 15 is 0 Å². The Morgan fingerprint density at radius 2 is 0.487 bits per heavy atom. The van der Waals surface area contributed by atoms with E-state index in [1.807, 2.05) is 0 Å². The van der Waals surface area contributed by atoms with Crippen molar-refractivity contribution in [2.75, 3.05) is 13.2 Å². The predicted molar refractivity (Wildman–Crippen MR) is 348 cm³/mol. The van der Waals surface area contributed by atoms with Gasteiger partial charge < -0.3 is 14.2 Å². The number of carbonyl (C=O) groups is 3. The van der Waals surface area contributed by atoms with Gasteiger partial charge >= 0.3 is 17.9 Å². The molecule has 1 unspecified atom stereocenters. The Morgan fingerprint density at radius 1 is 0.263 bits per heavy atom. The van der Waals surface area contributed by atoms with Gasteiger partial charge in [-0.25, -0.2) is 0 Å². The summed E-state index contributed by atoms with van der Waals surface area (Å²) in [5.41, 5.74) is 0. The molecule has 0 aliphatic heterocycles. The van der Waals surface area contributed by atoms with Gasteiger partial charge in [-0.15, -0.1) is 0 Å². The highest BCUT2D eigenvalue weighted by Crippen LogP contribution is 2.18. The second kappa shape index (κ2) is 68.3. The van der Waals surface area contributed by atoms with Crippen LogP contribution >= 0.6 is 0 Å². The van der Waals surface area contributed by atoms with E-state index in [0.717, 1.165) is 116 Å². The molecule has 0 bridgehead atoms. The van der Waals surface area contributed by atoms with Crippen LogP contribution in [0.4, 0.5) is 0 Å². The van der Waals surface area contributed by atoms with Gasteiger partial charge in [0.2, 0.25) is 0 Å². The van der Waals surface area contributed by atoms with Gasteiger partial charge in [-0.05, 0) is 89.9 Å². The quantitative estimate of drug-likeness (QED) is 0.0261. The fraction of sp³-hybridized carbons (Fsp3) is 0.797. The van der Waals surface area contributed by atoms with Crippen molar-refractivity contribution in [2.24, 2.45) is 0 Å². The molecule has 0 saturated heterocycles. The van der Waals surface area contributed by atoms with Gasteiger partial charge in [0.15, 0.2) is 6.10 Å². The smallest absolute Gasteiger partial charge is 0.306 e. The molecule has 0 aromatic heterocycles. The molecule has 0 saturated carbocycles. The van der Waals surface area contributed by atoms with Crippen molar-refractivity contribution >= 4 is 17.9 Å². The second-order valence-corrected chi connectivity index (χ2v) is 23.4. The van der Waals surface area contributed by atoms with Crippen LogP contribution in [0.15, 0.2) is 72.9 Å². The Kier molecular flexibility index (Phi) is 65.7. The topological polar surface area (TPSA) is 78.9 Å². The fourth-order valence-electron chi connectivity index (χ4n) is 10.2. The van der Waals surface area contributed by atoms with E-state index in [1.165, 1.54) is 205 Å². The summed E-state index contributed by atoms with van der Waals surface area (Å²) < 4.78 is 16.9. The van der Waals surface area contributed by atoms with Crippen molar-refractivity contribution < 1.29 is 28.6 Å². The lowest BCUT2D eigenvalue weighted by molar-refractivity contribution is -0.167. The van der Waals surface area contributed by atoms with E-state index in [2.05, 4.69) is 93.7 Å². The van der Waals surface area contributed by atoms with Crippen molar-refractivity contribution in [3.8, 4) is 0 Å². The first-order chi connectivity index (χ1) is 39.5. The van der Waals surface area contributed by atoms with Crippen molar-refractivity contribution in [3.63, 3.8) is 0 Å². The van der Waals surface area contributed by atoms with Crippen LogP contribution in [-0.4, -0.2) is 37.2 Å². The molecule has 6 nitrogen and oxygen atoms in total. The van der Waals surface area contributed by atoms with Gasteiger partial charge in [-0.3, -0.25) is 14.4 Å². The number of allylic oxidation sites excluding steroid dienone is 12. The Hall–Kier alpha value is -3.15. The molecule has 464 valence electrons. The molecule has 80 heavy (non-hydrogen) atoms. The molecule has 0 fully saturated rings.